The zero-order chi connectivity index (χ0) is 36.3. The number of hydrogen-bond donors (Lipinski definition) is 0. The van der Waals surface area contributed by atoms with E-state index in [2.05, 4.69) is 199 Å². The Morgan fingerprint density at radius 3 is 1.93 bits per heavy atom. The van der Waals surface area contributed by atoms with E-state index in [1.165, 1.54) is 53.2 Å². The average molecular weight is 720 g/mol. The Hall–Kier alpha value is -6.94. The van der Waals surface area contributed by atoms with Crippen LogP contribution in [0.1, 0.15) is 0 Å². The van der Waals surface area contributed by atoms with E-state index < -0.39 is 0 Å². The van der Waals surface area contributed by atoms with Crippen LogP contribution in [0.4, 0.5) is 17.1 Å². The second-order valence-electron chi connectivity index (χ2n) is 14.1. The molecule has 2 aromatic heterocycles. The van der Waals surface area contributed by atoms with E-state index in [9.17, 15) is 0 Å². The van der Waals surface area contributed by atoms with E-state index in [1.807, 2.05) is 17.4 Å². The number of nitrogens with zero attached hydrogens (tertiary/aromatic N) is 1. The summed E-state index contributed by atoms with van der Waals surface area (Å²) in [6.07, 6.45) is 0. The van der Waals surface area contributed by atoms with E-state index in [1.54, 1.807) is 0 Å². The Morgan fingerprint density at radius 2 is 1.00 bits per heavy atom. The molecule has 0 aliphatic rings. The van der Waals surface area contributed by atoms with Gasteiger partial charge in [0.2, 0.25) is 0 Å². The number of para-hydroxylation sites is 3. The molecule has 0 saturated heterocycles. The second kappa shape index (κ2) is 12.9. The smallest absolute Gasteiger partial charge is 0.143 e. The van der Waals surface area contributed by atoms with Crippen LogP contribution in [0.15, 0.2) is 205 Å². The summed E-state index contributed by atoms with van der Waals surface area (Å²) in [7, 11) is 0. The molecule has 0 aliphatic carbocycles. The summed E-state index contributed by atoms with van der Waals surface area (Å²) in [4.78, 5) is 2.39. The Morgan fingerprint density at radius 1 is 0.364 bits per heavy atom. The Bertz CT molecular complexity index is 3220. The molecular formula is C52H33NOS. The topological polar surface area (TPSA) is 16.4 Å². The highest BCUT2D eigenvalue weighted by Crippen LogP contribution is 2.46. The van der Waals surface area contributed by atoms with Crippen molar-refractivity contribution < 1.29 is 4.42 Å². The van der Waals surface area contributed by atoms with Gasteiger partial charge in [0.05, 0.1) is 5.69 Å². The lowest BCUT2D eigenvalue weighted by atomic mass is 9.97. The molecule has 0 radical (unpaired) electrons. The van der Waals surface area contributed by atoms with Gasteiger partial charge in [-0.1, -0.05) is 146 Å². The first-order chi connectivity index (χ1) is 27.3. The maximum Gasteiger partial charge on any atom is 0.143 e. The van der Waals surface area contributed by atoms with Gasteiger partial charge in [-0.05, 0) is 87.6 Å². The second-order valence-corrected chi connectivity index (χ2v) is 15.1. The molecule has 55 heavy (non-hydrogen) atoms. The van der Waals surface area contributed by atoms with Gasteiger partial charge in [0, 0.05) is 53.4 Å². The molecule has 0 N–H and O–H groups in total. The number of thiophene rings is 1. The van der Waals surface area contributed by atoms with Crippen molar-refractivity contribution in [2.24, 2.45) is 0 Å². The number of fused-ring (bicyclic) bond motifs is 7. The third kappa shape index (κ3) is 5.32. The van der Waals surface area contributed by atoms with Gasteiger partial charge in [0.25, 0.3) is 0 Å². The minimum atomic E-state index is 0.895. The van der Waals surface area contributed by atoms with Crippen LogP contribution < -0.4 is 4.90 Å². The standard InChI is InChI=1S/C52H33NOS/c1-2-16-40-34(12-1)13-10-20-41(40)35-26-29-38(30-27-35)53(39-15-9-14-36(32-39)37-28-31-51-47(33-37)44-19-5-8-25-50(44)55-51)48-23-6-3-17-42(48)45-21-11-22-46-43-18-4-7-24-49(43)54-52(45)46/h1-33H. The first-order valence-corrected chi connectivity index (χ1v) is 19.5. The predicted octanol–water partition coefficient (Wildman–Crippen LogP) is 15.6. The molecule has 0 spiro atoms. The molecule has 9 aromatic carbocycles. The Kier molecular flexibility index (Phi) is 7.39. The summed E-state index contributed by atoms with van der Waals surface area (Å²) >= 11 is 1.85. The van der Waals surface area contributed by atoms with Gasteiger partial charge in [0.15, 0.2) is 0 Å². The van der Waals surface area contributed by atoms with Crippen LogP contribution in [-0.4, -0.2) is 0 Å². The molecule has 0 saturated carbocycles. The lowest BCUT2D eigenvalue weighted by Gasteiger charge is -2.28. The van der Waals surface area contributed by atoms with E-state index in [0.29, 0.717) is 0 Å². The van der Waals surface area contributed by atoms with Gasteiger partial charge in [-0.15, -0.1) is 11.3 Å². The molecule has 11 aromatic rings. The van der Waals surface area contributed by atoms with Crippen molar-refractivity contribution in [3.05, 3.63) is 200 Å². The molecule has 258 valence electrons. The SMILES string of the molecule is c1cc(-c2ccc3sc4ccccc4c3c2)cc(N(c2ccc(-c3cccc4ccccc34)cc2)c2ccccc2-c2cccc3c2oc2ccccc23)c1. The largest absolute Gasteiger partial charge is 0.455 e. The highest BCUT2D eigenvalue weighted by atomic mass is 32.1. The van der Waals surface area contributed by atoms with Gasteiger partial charge in [-0.2, -0.15) is 0 Å². The summed E-state index contributed by atoms with van der Waals surface area (Å²) in [6.45, 7) is 0. The van der Waals surface area contributed by atoms with E-state index in [-0.39, 0.29) is 0 Å². The lowest BCUT2D eigenvalue weighted by Crippen LogP contribution is -2.11. The third-order valence-electron chi connectivity index (χ3n) is 10.9. The van der Waals surface area contributed by atoms with Gasteiger partial charge < -0.3 is 9.32 Å². The molecule has 2 nitrogen and oxygen atoms in total. The van der Waals surface area contributed by atoms with Crippen molar-refractivity contribution in [2.75, 3.05) is 4.90 Å². The van der Waals surface area contributed by atoms with Gasteiger partial charge in [0.1, 0.15) is 11.2 Å². The molecule has 0 unspecified atom stereocenters. The molecule has 0 fully saturated rings. The summed E-state index contributed by atoms with van der Waals surface area (Å²) < 4.78 is 9.23. The molecule has 0 atom stereocenters. The van der Waals surface area contributed by atoms with Gasteiger partial charge in [-0.25, -0.2) is 0 Å². The molecule has 11 rings (SSSR count). The normalized spacial score (nSPS) is 11.6. The summed E-state index contributed by atoms with van der Waals surface area (Å²) in [5.74, 6) is 0. The number of benzene rings is 9. The van der Waals surface area contributed by atoms with Crippen LogP contribution in [0.2, 0.25) is 0 Å². The van der Waals surface area contributed by atoms with Crippen LogP contribution in [0.3, 0.4) is 0 Å². The zero-order valence-electron chi connectivity index (χ0n) is 29.8. The maximum atomic E-state index is 6.60. The van der Waals surface area contributed by atoms with Gasteiger partial charge in [-0.3, -0.25) is 0 Å². The third-order valence-corrected chi connectivity index (χ3v) is 12.0. The van der Waals surface area contributed by atoms with Crippen LogP contribution in [0.25, 0.3) is 86.3 Å². The van der Waals surface area contributed by atoms with Crippen LogP contribution in [-0.2, 0) is 0 Å². The predicted molar refractivity (Wildman–Crippen MR) is 235 cm³/mol. The molecule has 3 heteroatoms. The number of furan rings is 1. The van der Waals surface area contributed by atoms with E-state index in [4.69, 9.17) is 4.42 Å². The number of hydrogen-bond acceptors (Lipinski definition) is 3. The monoisotopic (exact) mass is 719 g/mol. The molecule has 0 aliphatic heterocycles. The number of rotatable bonds is 6. The van der Waals surface area contributed by atoms with E-state index >= 15 is 0 Å². The maximum absolute atomic E-state index is 6.60. The fourth-order valence-corrected chi connectivity index (χ4v) is 9.37. The fourth-order valence-electron chi connectivity index (χ4n) is 8.28. The van der Waals surface area contributed by atoms with Crippen molar-refractivity contribution >= 4 is 81.3 Å². The minimum absolute atomic E-state index is 0.895. The van der Waals surface area contributed by atoms with Crippen molar-refractivity contribution in [1.82, 2.24) is 0 Å². The van der Waals surface area contributed by atoms with Crippen molar-refractivity contribution in [3.8, 4) is 33.4 Å². The quantitative estimate of drug-likeness (QED) is 0.170. The fraction of sp³-hybridized carbons (Fsp3) is 0. The first-order valence-electron chi connectivity index (χ1n) is 18.7. The average Bonchev–Trinajstić information content (AvgIpc) is 3.83. The van der Waals surface area contributed by atoms with Crippen LogP contribution in [0.5, 0.6) is 0 Å². The van der Waals surface area contributed by atoms with Crippen molar-refractivity contribution in [1.29, 1.82) is 0 Å². The number of anilines is 3. The van der Waals surface area contributed by atoms with Gasteiger partial charge >= 0.3 is 0 Å². The molecule has 0 amide bonds. The first kappa shape index (κ1) is 31.6. The van der Waals surface area contributed by atoms with Crippen LogP contribution in [0, 0.1) is 0 Å². The summed E-state index contributed by atoms with van der Waals surface area (Å²) in [5, 5.41) is 7.34. The Balaban J connectivity index is 1.10. The lowest BCUT2D eigenvalue weighted by molar-refractivity contribution is 0.670. The summed E-state index contributed by atoms with van der Waals surface area (Å²) in [5.41, 5.74) is 12.0. The Labute approximate surface area is 322 Å². The molecule has 0 bridgehead atoms. The van der Waals surface area contributed by atoms with E-state index in [0.717, 1.165) is 50.1 Å². The van der Waals surface area contributed by atoms with Crippen LogP contribution >= 0.6 is 11.3 Å². The highest BCUT2D eigenvalue weighted by Gasteiger charge is 2.21. The van der Waals surface area contributed by atoms with Crippen molar-refractivity contribution in [3.63, 3.8) is 0 Å². The zero-order valence-corrected chi connectivity index (χ0v) is 30.6. The highest BCUT2D eigenvalue weighted by molar-refractivity contribution is 7.25. The molecule has 2 heterocycles. The minimum Gasteiger partial charge on any atom is -0.455 e. The molecular weight excluding hydrogens is 687 g/mol. The van der Waals surface area contributed by atoms with Crippen molar-refractivity contribution in [2.45, 2.75) is 0 Å². The summed E-state index contributed by atoms with van der Waals surface area (Å²) in [6, 6.07) is 72.2.